The number of piperazine rings is 1. The van der Waals surface area contributed by atoms with E-state index in [0.29, 0.717) is 6.54 Å². The lowest BCUT2D eigenvalue weighted by molar-refractivity contribution is -0.805. The first-order valence-electron chi connectivity index (χ1n) is 3.16. The number of hydrogen-bond acceptors (Lipinski definition) is 2. The van der Waals surface area contributed by atoms with E-state index in [1.165, 1.54) is 0 Å². The number of hydrogen-bond donors (Lipinski definition) is 2. The van der Waals surface area contributed by atoms with Crippen LogP contribution >= 0.6 is 0 Å². The molecule has 0 spiro atoms. The van der Waals surface area contributed by atoms with Gasteiger partial charge in [-0.05, 0) is 0 Å². The normalized spacial score (nSPS) is 27.8. The zero-order valence-corrected chi connectivity index (χ0v) is 5.17. The zero-order valence-electron chi connectivity index (χ0n) is 5.17. The van der Waals surface area contributed by atoms with Crippen molar-refractivity contribution >= 4 is 5.97 Å². The van der Waals surface area contributed by atoms with Crippen LogP contribution in [0.15, 0.2) is 0 Å². The lowest BCUT2D eigenvalue weighted by Crippen LogP contribution is -3.09. The minimum Gasteiger partial charge on any atom is -0.544 e. The highest BCUT2D eigenvalue weighted by atomic mass is 16.4. The molecule has 4 nitrogen and oxygen atoms in total. The van der Waals surface area contributed by atoms with Crippen molar-refractivity contribution in [1.82, 2.24) is 0 Å². The van der Waals surface area contributed by atoms with E-state index in [1.54, 1.807) is 0 Å². The van der Waals surface area contributed by atoms with Gasteiger partial charge in [0.1, 0.15) is 25.6 Å². The lowest BCUT2D eigenvalue weighted by atomic mass is 10.2. The third kappa shape index (κ3) is 1.65. The Bertz CT molecular complexity index is 110. The molecule has 1 aliphatic rings. The van der Waals surface area contributed by atoms with Crippen LogP contribution in [0.25, 0.3) is 0 Å². The van der Waals surface area contributed by atoms with Crippen molar-refractivity contribution in [1.29, 1.82) is 0 Å². The molecule has 0 saturated carbocycles. The average molecular weight is 131 g/mol. The Labute approximate surface area is 53.2 Å². The molecule has 52 valence electrons. The van der Waals surface area contributed by atoms with Crippen molar-refractivity contribution in [2.24, 2.45) is 0 Å². The van der Waals surface area contributed by atoms with Gasteiger partial charge in [0.25, 0.3) is 0 Å². The minimum atomic E-state index is -0.939. The van der Waals surface area contributed by atoms with Crippen molar-refractivity contribution in [3.05, 3.63) is 0 Å². The van der Waals surface area contributed by atoms with E-state index in [0.717, 1.165) is 13.1 Å². The molecule has 0 amide bonds. The van der Waals surface area contributed by atoms with E-state index in [-0.39, 0.29) is 6.04 Å². The third-order valence-corrected chi connectivity index (χ3v) is 1.55. The number of carbonyl (C=O) groups excluding carboxylic acids is 1. The second kappa shape index (κ2) is 2.80. The Morgan fingerprint density at radius 2 is 2.33 bits per heavy atom. The van der Waals surface area contributed by atoms with E-state index < -0.39 is 5.97 Å². The molecule has 0 radical (unpaired) electrons. The summed E-state index contributed by atoms with van der Waals surface area (Å²) in [6.45, 7) is 2.56. The van der Waals surface area contributed by atoms with Gasteiger partial charge in [-0.2, -0.15) is 0 Å². The summed E-state index contributed by atoms with van der Waals surface area (Å²) in [5, 5.41) is 14.0. The number of carboxylic acids is 1. The van der Waals surface area contributed by atoms with Crippen molar-refractivity contribution < 1.29 is 20.5 Å². The molecule has 4 heteroatoms. The van der Waals surface area contributed by atoms with Crippen LogP contribution in [0.3, 0.4) is 0 Å². The molecular weight excluding hydrogens is 120 g/mol. The van der Waals surface area contributed by atoms with Gasteiger partial charge in [0.05, 0.1) is 0 Å². The number of rotatable bonds is 1. The van der Waals surface area contributed by atoms with Crippen molar-refractivity contribution in [2.45, 2.75) is 6.04 Å². The van der Waals surface area contributed by atoms with Gasteiger partial charge >= 0.3 is 0 Å². The van der Waals surface area contributed by atoms with Gasteiger partial charge in [-0.15, -0.1) is 0 Å². The largest absolute Gasteiger partial charge is 0.544 e. The first-order chi connectivity index (χ1) is 4.30. The summed E-state index contributed by atoms with van der Waals surface area (Å²) in [7, 11) is 0. The van der Waals surface area contributed by atoms with Crippen LogP contribution in [0.5, 0.6) is 0 Å². The van der Waals surface area contributed by atoms with Crippen LogP contribution in [-0.4, -0.2) is 31.6 Å². The number of nitrogens with two attached hydrogens (primary N) is 2. The molecule has 4 N–H and O–H groups in total. The van der Waals surface area contributed by atoms with Crippen LogP contribution in [0, 0.1) is 0 Å². The highest BCUT2D eigenvalue weighted by Crippen LogP contribution is 1.66. The predicted octanol–water partition coefficient (Wildman–Crippen LogP) is -4.75. The molecule has 1 heterocycles. The maximum Gasteiger partial charge on any atom is 0.176 e. The van der Waals surface area contributed by atoms with Gasteiger partial charge in [0.15, 0.2) is 6.04 Å². The monoisotopic (exact) mass is 131 g/mol. The van der Waals surface area contributed by atoms with Crippen LogP contribution < -0.4 is 15.7 Å². The highest BCUT2D eigenvalue weighted by Gasteiger charge is 2.18. The molecule has 0 unspecified atom stereocenters. The number of aliphatic carboxylic acids is 1. The number of quaternary nitrogens is 2. The van der Waals surface area contributed by atoms with E-state index in [9.17, 15) is 9.90 Å². The molecule has 0 bridgehead atoms. The van der Waals surface area contributed by atoms with Gasteiger partial charge in [0.2, 0.25) is 0 Å². The number of carbonyl (C=O) groups is 1. The Hall–Kier alpha value is -0.610. The zero-order chi connectivity index (χ0) is 6.69. The van der Waals surface area contributed by atoms with Crippen molar-refractivity contribution in [3.8, 4) is 0 Å². The molecule has 0 aliphatic carbocycles. The van der Waals surface area contributed by atoms with E-state index >= 15 is 0 Å². The predicted molar refractivity (Wildman–Crippen MR) is 27.2 cm³/mol. The quantitative estimate of drug-likeness (QED) is 0.375. The fourth-order valence-corrected chi connectivity index (χ4v) is 1.00. The maximum absolute atomic E-state index is 10.2. The van der Waals surface area contributed by atoms with Crippen LogP contribution in [0.2, 0.25) is 0 Å². The minimum absolute atomic E-state index is 0.321. The van der Waals surface area contributed by atoms with E-state index in [4.69, 9.17) is 0 Å². The van der Waals surface area contributed by atoms with Crippen molar-refractivity contribution in [2.75, 3.05) is 19.6 Å². The standard InChI is InChI=1S/C5H10N2O2/c8-5(9)4-3-6-1-2-7-4/h4,6-7H,1-3H2,(H,8,9)/p+1/t4-/m0/s1. The van der Waals surface area contributed by atoms with Gasteiger partial charge in [0, 0.05) is 0 Å². The summed E-state index contributed by atoms with van der Waals surface area (Å²) in [6.07, 6.45) is 0. The fourth-order valence-electron chi connectivity index (χ4n) is 1.00. The molecule has 1 atom stereocenters. The first-order valence-corrected chi connectivity index (χ1v) is 3.16. The molecule has 0 aromatic rings. The smallest absolute Gasteiger partial charge is 0.176 e. The van der Waals surface area contributed by atoms with Crippen LogP contribution in [-0.2, 0) is 4.79 Å². The van der Waals surface area contributed by atoms with Crippen LogP contribution in [0.1, 0.15) is 0 Å². The van der Waals surface area contributed by atoms with E-state index in [1.807, 2.05) is 10.6 Å². The summed E-state index contributed by atoms with van der Waals surface area (Å²) in [6, 6.07) is -0.321. The molecule has 9 heavy (non-hydrogen) atoms. The molecule has 1 aliphatic heterocycles. The second-order valence-corrected chi connectivity index (χ2v) is 2.26. The van der Waals surface area contributed by atoms with Gasteiger partial charge in [-0.1, -0.05) is 0 Å². The van der Waals surface area contributed by atoms with E-state index in [2.05, 4.69) is 0 Å². The Morgan fingerprint density at radius 1 is 1.56 bits per heavy atom. The molecule has 1 rings (SSSR count). The highest BCUT2D eigenvalue weighted by molar-refractivity contribution is 5.69. The fraction of sp³-hybridized carbons (Fsp3) is 0.800. The Morgan fingerprint density at radius 3 is 2.67 bits per heavy atom. The average Bonchev–Trinajstić information content (AvgIpc) is 1.90. The topological polar surface area (TPSA) is 73.3 Å². The van der Waals surface area contributed by atoms with Crippen LogP contribution in [0.4, 0.5) is 0 Å². The Balaban J connectivity index is 2.31. The summed E-state index contributed by atoms with van der Waals surface area (Å²) >= 11 is 0. The van der Waals surface area contributed by atoms with Gasteiger partial charge < -0.3 is 20.5 Å². The molecule has 0 aromatic heterocycles. The van der Waals surface area contributed by atoms with Gasteiger partial charge in [-0.25, -0.2) is 0 Å². The molecular formula is C5H11N2O2+. The molecule has 1 saturated heterocycles. The molecule has 1 fully saturated rings. The maximum atomic E-state index is 10.2. The van der Waals surface area contributed by atoms with Crippen molar-refractivity contribution in [3.63, 3.8) is 0 Å². The van der Waals surface area contributed by atoms with Gasteiger partial charge in [-0.3, -0.25) is 0 Å². The number of carboxylic acid groups (broad SMARTS) is 1. The molecule has 0 aromatic carbocycles. The first kappa shape index (κ1) is 6.51. The lowest BCUT2D eigenvalue weighted by Gasteiger charge is -2.18. The summed E-state index contributed by atoms with van der Waals surface area (Å²) in [5.41, 5.74) is 0. The summed E-state index contributed by atoms with van der Waals surface area (Å²) in [5.74, 6) is -0.939. The Kier molecular flexibility index (Phi) is 2.02. The third-order valence-electron chi connectivity index (χ3n) is 1.55. The summed E-state index contributed by atoms with van der Waals surface area (Å²) in [4.78, 5) is 10.2. The second-order valence-electron chi connectivity index (χ2n) is 2.26. The SMILES string of the molecule is O=C([O-])[C@@H]1C[NH2+]CC[NH2+]1. The summed E-state index contributed by atoms with van der Waals surface area (Å²) < 4.78 is 0.